The Morgan fingerprint density at radius 2 is 2.18 bits per heavy atom. The second kappa shape index (κ2) is 5.97. The van der Waals surface area contributed by atoms with E-state index < -0.39 is 6.04 Å². The third-order valence-electron chi connectivity index (χ3n) is 3.53. The van der Waals surface area contributed by atoms with Gasteiger partial charge >= 0.3 is 0 Å². The van der Waals surface area contributed by atoms with Crippen LogP contribution in [-0.4, -0.2) is 26.6 Å². The number of nitrogens with one attached hydrogen (secondary N) is 2. The molecule has 0 spiro atoms. The van der Waals surface area contributed by atoms with Crippen LogP contribution in [0.15, 0.2) is 30.3 Å². The first-order valence-corrected chi connectivity index (χ1v) is 7.24. The van der Waals surface area contributed by atoms with Crippen molar-refractivity contribution in [1.82, 2.24) is 20.1 Å². The maximum atomic E-state index is 12.4. The standard InChI is InChI=1S/C15H17N5O2/c1-2-12-17-15-18-13(21)8-11(20(15)19-12)14(22)16-9-10-6-4-3-5-7-10/h3-7,11H,2,8-9H2,1H3,(H,16,22)(H,17,18,19,21)/t11-/m0/s1. The molecule has 2 amide bonds. The molecule has 2 N–H and O–H groups in total. The van der Waals surface area contributed by atoms with Crippen LogP contribution < -0.4 is 10.6 Å². The van der Waals surface area contributed by atoms with Crippen LogP contribution in [0.3, 0.4) is 0 Å². The summed E-state index contributed by atoms with van der Waals surface area (Å²) in [6, 6.07) is 8.97. The van der Waals surface area contributed by atoms with Crippen molar-refractivity contribution in [2.45, 2.75) is 32.4 Å². The van der Waals surface area contributed by atoms with Gasteiger partial charge in [0.15, 0.2) is 5.82 Å². The van der Waals surface area contributed by atoms with Crippen LogP contribution in [0.5, 0.6) is 0 Å². The first-order chi connectivity index (χ1) is 10.7. The molecule has 0 fully saturated rings. The highest BCUT2D eigenvalue weighted by Gasteiger charge is 2.32. The Balaban J connectivity index is 1.75. The minimum Gasteiger partial charge on any atom is -0.350 e. The SMILES string of the molecule is CCc1nc2n(n1)[C@H](C(=O)NCc1ccccc1)CC(=O)N2. The summed E-state index contributed by atoms with van der Waals surface area (Å²) in [4.78, 5) is 28.3. The smallest absolute Gasteiger partial charge is 0.245 e. The van der Waals surface area contributed by atoms with Crippen LogP contribution in [0.4, 0.5) is 5.95 Å². The fourth-order valence-electron chi connectivity index (χ4n) is 2.36. The Kier molecular flexibility index (Phi) is 3.86. The number of aryl methyl sites for hydroxylation is 1. The minimum absolute atomic E-state index is 0.0696. The van der Waals surface area contributed by atoms with Gasteiger partial charge in [-0.15, -0.1) is 0 Å². The monoisotopic (exact) mass is 299 g/mol. The van der Waals surface area contributed by atoms with Crippen molar-refractivity contribution in [3.05, 3.63) is 41.7 Å². The fourth-order valence-corrected chi connectivity index (χ4v) is 2.36. The van der Waals surface area contributed by atoms with Crippen LogP contribution >= 0.6 is 0 Å². The summed E-state index contributed by atoms with van der Waals surface area (Å²) >= 11 is 0. The van der Waals surface area contributed by atoms with Crippen molar-refractivity contribution >= 4 is 17.8 Å². The lowest BCUT2D eigenvalue weighted by atomic mass is 10.1. The Bertz CT molecular complexity index is 695. The first kappa shape index (κ1) is 14.2. The number of nitrogens with zero attached hydrogens (tertiary/aromatic N) is 3. The van der Waals surface area contributed by atoms with Gasteiger partial charge in [-0.1, -0.05) is 37.3 Å². The zero-order valence-corrected chi connectivity index (χ0v) is 12.2. The Hall–Kier alpha value is -2.70. The van der Waals surface area contributed by atoms with Gasteiger partial charge in [-0.25, -0.2) is 4.68 Å². The number of hydrogen-bond acceptors (Lipinski definition) is 4. The van der Waals surface area contributed by atoms with Crippen molar-refractivity contribution in [2.75, 3.05) is 5.32 Å². The number of anilines is 1. The molecule has 2 heterocycles. The molecule has 22 heavy (non-hydrogen) atoms. The molecule has 1 aromatic heterocycles. The normalized spacial score (nSPS) is 16.8. The van der Waals surface area contributed by atoms with Crippen LogP contribution in [0.1, 0.15) is 30.8 Å². The maximum absolute atomic E-state index is 12.4. The predicted molar refractivity (Wildman–Crippen MR) is 80.0 cm³/mol. The fraction of sp³-hybridized carbons (Fsp3) is 0.333. The highest BCUT2D eigenvalue weighted by atomic mass is 16.2. The van der Waals surface area contributed by atoms with Crippen LogP contribution in [0.25, 0.3) is 0 Å². The number of carbonyl (C=O) groups excluding carboxylic acids is 2. The lowest BCUT2D eigenvalue weighted by molar-refractivity contribution is -0.129. The molecular formula is C15H17N5O2. The summed E-state index contributed by atoms with van der Waals surface area (Å²) in [7, 11) is 0. The number of fused-ring (bicyclic) bond motifs is 1. The van der Waals surface area contributed by atoms with E-state index in [-0.39, 0.29) is 18.2 Å². The van der Waals surface area contributed by atoms with Crippen molar-refractivity contribution in [3.63, 3.8) is 0 Å². The van der Waals surface area contributed by atoms with E-state index in [4.69, 9.17) is 0 Å². The van der Waals surface area contributed by atoms with Gasteiger partial charge in [0.1, 0.15) is 6.04 Å². The van der Waals surface area contributed by atoms with Crippen LogP contribution in [0.2, 0.25) is 0 Å². The molecule has 0 aliphatic carbocycles. The van der Waals surface area contributed by atoms with E-state index in [2.05, 4.69) is 20.7 Å². The summed E-state index contributed by atoms with van der Waals surface area (Å²) < 4.78 is 1.50. The zero-order valence-electron chi connectivity index (χ0n) is 12.2. The zero-order chi connectivity index (χ0) is 15.5. The van der Waals surface area contributed by atoms with Crippen LogP contribution in [0, 0.1) is 0 Å². The lowest BCUT2D eigenvalue weighted by Gasteiger charge is -2.22. The molecule has 3 rings (SSSR count). The van der Waals surface area contributed by atoms with Crippen LogP contribution in [-0.2, 0) is 22.6 Å². The summed E-state index contributed by atoms with van der Waals surface area (Å²) in [5.41, 5.74) is 1.00. The van der Waals surface area contributed by atoms with Crippen molar-refractivity contribution < 1.29 is 9.59 Å². The minimum atomic E-state index is -0.653. The molecule has 0 saturated heterocycles. The van der Waals surface area contributed by atoms with Gasteiger partial charge in [-0.3, -0.25) is 14.9 Å². The van der Waals surface area contributed by atoms with E-state index in [0.29, 0.717) is 24.7 Å². The molecule has 7 heteroatoms. The number of amides is 2. The quantitative estimate of drug-likeness (QED) is 0.883. The molecule has 1 aliphatic rings. The predicted octanol–water partition coefficient (Wildman–Crippen LogP) is 1.04. The topological polar surface area (TPSA) is 88.9 Å². The second-order valence-corrected chi connectivity index (χ2v) is 5.12. The number of benzene rings is 1. The molecule has 0 bridgehead atoms. The first-order valence-electron chi connectivity index (χ1n) is 7.24. The number of hydrogen-bond donors (Lipinski definition) is 2. The number of rotatable bonds is 4. The summed E-state index contributed by atoms with van der Waals surface area (Å²) in [6.07, 6.45) is 0.717. The molecule has 0 saturated carbocycles. The highest BCUT2D eigenvalue weighted by molar-refractivity contribution is 5.96. The van der Waals surface area contributed by atoms with E-state index >= 15 is 0 Å². The average Bonchev–Trinajstić information content (AvgIpc) is 2.95. The molecule has 1 aliphatic heterocycles. The summed E-state index contributed by atoms with van der Waals surface area (Å²) in [5, 5.41) is 9.78. The van der Waals surface area contributed by atoms with Gasteiger partial charge in [-0.05, 0) is 5.56 Å². The highest BCUT2D eigenvalue weighted by Crippen LogP contribution is 2.23. The second-order valence-electron chi connectivity index (χ2n) is 5.12. The van der Waals surface area contributed by atoms with Gasteiger partial charge in [-0.2, -0.15) is 10.1 Å². The molecule has 2 aromatic rings. The van der Waals surface area contributed by atoms with Gasteiger partial charge in [0.05, 0.1) is 6.42 Å². The van der Waals surface area contributed by atoms with Gasteiger partial charge in [0.2, 0.25) is 17.8 Å². The lowest BCUT2D eigenvalue weighted by Crippen LogP contribution is -2.39. The van der Waals surface area contributed by atoms with Gasteiger partial charge in [0, 0.05) is 13.0 Å². The molecule has 0 radical (unpaired) electrons. The average molecular weight is 299 g/mol. The molecule has 1 atom stereocenters. The van der Waals surface area contributed by atoms with Gasteiger partial charge < -0.3 is 5.32 Å². The number of aromatic nitrogens is 3. The Morgan fingerprint density at radius 3 is 2.91 bits per heavy atom. The van der Waals surface area contributed by atoms with E-state index in [9.17, 15) is 9.59 Å². The largest absolute Gasteiger partial charge is 0.350 e. The number of carbonyl (C=O) groups is 2. The summed E-state index contributed by atoms with van der Waals surface area (Å²) in [5.74, 6) is 0.501. The third-order valence-corrected chi connectivity index (χ3v) is 3.53. The Morgan fingerprint density at radius 1 is 1.41 bits per heavy atom. The van der Waals surface area contributed by atoms with E-state index in [1.165, 1.54) is 4.68 Å². The maximum Gasteiger partial charge on any atom is 0.245 e. The summed E-state index contributed by atoms with van der Waals surface area (Å²) in [6.45, 7) is 2.34. The molecule has 7 nitrogen and oxygen atoms in total. The molecular weight excluding hydrogens is 282 g/mol. The van der Waals surface area contributed by atoms with E-state index in [1.807, 2.05) is 37.3 Å². The van der Waals surface area contributed by atoms with E-state index in [0.717, 1.165) is 5.56 Å². The van der Waals surface area contributed by atoms with Crippen molar-refractivity contribution in [2.24, 2.45) is 0 Å². The van der Waals surface area contributed by atoms with Gasteiger partial charge in [0.25, 0.3) is 0 Å². The van der Waals surface area contributed by atoms with Crippen molar-refractivity contribution in [3.8, 4) is 0 Å². The van der Waals surface area contributed by atoms with E-state index in [1.54, 1.807) is 0 Å². The molecule has 1 aromatic carbocycles. The Labute approximate surface area is 127 Å². The third kappa shape index (κ3) is 2.83. The molecule has 114 valence electrons. The molecule has 0 unspecified atom stereocenters. The van der Waals surface area contributed by atoms with Crippen molar-refractivity contribution in [1.29, 1.82) is 0 Å².